The number of para-hydroxylation sites is 1. The van der Waals surface area contributed by atoms with Crippen LogP contribution in [0.4, 0.5) is 5.69 Å². The van der Waals surface area contributed by atoms with E-state index in [0.717, 1.165) is 37.7 Å². The first-order valence-electron chi connectivity index (χ1n) is 9.69. The van der Waals surface area contributed by atoms with Crippen LogP contribution in [0.25, 0.3) is 0 Å². The number of benzene rings is 1. The topological polar surface area (TPSA) is 69.0 Å². The van der Waals surface area contributed by atoms with Crippen LogP contribution in [0.15, 0.2) is 40.8 Å². The number of likely N-dealkylation sites (N-methyl/N-ethyl adjacent to an activating group) is 1. The molecule has 1 N–H and O–H groups in total. The van der Waals surface area contributed by atoms with Crippen molar-refractivity contribution >= 4 is 29.1 Å². The van der Waals surface area contributed by atoms with Gasteiger partial charge in [0.05, 0.1) is 30.3 Å². The van der Waals surface area contributed by atoms with Gasteiger partial charge < -0.3 is 14.6 Å². The maximum absolute atomic E-state index is 12.5. The Morgan fingerprint density at radius 3 is 2.34 bits per heavy atom. The highest BCUT2D eigenvalue weighted by atomic mass is 35.5. The van der Waals surface area contributed by atoms with Crippen molar-refractivity contribution in [2.45, 2.75) is 13.5 Å². The van der Waals surface area contributed by atoms with E-state index in [9.17, 15) is 9.59 Å². The molecule has 1 aromatic heterocycles. The summed E-state index contributed by atoms with van der Waals surface area (Å²) in [6.07, 6.45) is 0. The van der Waals surface area contributed by atoms with Gasteiger partial charge in [-0.1, -0.05) is 23.7 Å². The van der Waals surface area contributed by atoms with Crippen LogP contribution in [-0.2, 0) is 16.1 Å². The Morgan fingerprint density at radius 2 is 1.72 bits per heavy atom. The number of amides is 2. The summed E-state index contributed by atoms with van der Waals surface area (Å²) in [6, 6.07) is 11.0. The fourth-order valence-corrected chi connectivity index (χ4v) is 3.45. The van der Waals surface area contributed by atoms with Crippen molar-refractivity contribution in [3.63, 3.8) is 0 Å². The fourth-order valence-electron chi connectivity index (χ4n) is 3.26. The minimum atomic E-state index is -0.0869. The van der Waals surface area contributed by atoms with Gasteiger partial charge in [-0.15, -0.1) is 0 Å². The fraction of sp³-hybridized carbons (Fsp3) is 0.429. The minimum Gasteiger partial charge on any atom is -0.464 e. The van der Waals surface area contributed by atoms with Crippen molar-refractivity contribution < 1.29 is 14.0 Å². The van der Waals surface area contributed by atoms with Crippen LogP contribution >= 0.6 is 11.6 Å². The molecule has 2 amide bonds. The van der Waals surface area contributed by atoms with E-state index in [1.807, 2.05) is 31.2 Å². The first-order chi connectivity index (χ1) is 13.9. The van der Waals surface area contributed by atoms with Crippen molar-refractivity contribution in [1.29, 1.82) is 0 Å². The van der Waals surface area contributed by atoms with Gasteiger partial charge in [0.25, 0.3) is 0 Å². The van der Waals surface area contributed by atoms with E-state index in [2.05, 4.69) is 15.1 Å². The molecule has 0 radical (unpaired) electrons. The number of halogens is 1. The lowest BCUT2D eigenvalue weighted by Gasteiger charge is -2.34. The predicted octanol–water partition coefficient (Wildman–Crippen LogP) is 2.46. The highest BCUT2D eigenvalue weighted by Crippen LogP contribution is 2.20. The molecule has 0 aliphatic carbocycles. The Bertz CT molecular complexity index is 846. The maximum atomic E-state index is 12.5. The zero-order chi connectivity index (χ0) is 20.8. The average molecular weight is 419 g/mol. The summed E-state index contributed by atoms with van der Waals surface area (Å²) in [5.41, 5.74) is 0.623. The molecule has 0 saturated carbocycles. The average Bonchev–Trinajstić information content (AvgIpc) is 3.09. The van der Waals surface area contributed by atoms with Gasteiger partial charge in [-0.3, -0.25) is 19.4 Å². The molecule has 8 heteroatoms. The molecule has 1 saturated heterocycles. The van der Waals surface area contributed by atoms with Crippen LogP contribution in [0.1, 0.15) is 11.5 Å². The molecule has 1 aliphatic rings. The van der Waals surface area contributed by atoms with Crippen LogP contribution in [0.2, 0.25) is 5.02 Å². The number of nitrogens with one attached hydrogen (secondary N) is 1. The quantitative estimate of drug-likeness (QED) is 0.748. The third-order valence-corrected chi connectivity index (χ3v) is 5.28. The number of hydrogen-bond donors (Lipinski definition) is 1. The molecule has 7 nitrogen and oxygen atoms in total. The molecule has 2 heterocycles. The number of carbonyl (C=O) groups is 2. The number of hydrogen-bond acceptors (Lipinski definition) is 5. The summed E-state index contributed by atoms with van der Waals surface area (Å²) >= 11 is 6.08. The third kappa shape index (κ3) is 6.32. The third-order valence-electron chi connectivity index (χ3n) is 4.95. The van der Waals surface area contributed by atoms with E-state index in [1.54, 1.807) is 24.1 Å². The summed E-state index contributed by atoms with van der Waals surface area (Å²) in [5, 5.41) is 3.37. The van der Waals surface area contributed by atoms with Gasteiger partial charge in [0, 0.05) is 33.2 Å². The number of carbonyl (C=O) groups excluding carboxylic acids is 2. The molecule has 0 bridgehead atoms. The zero-order valence-corrected chi connectivity index (χ0v) is 17.6. The molecule has 1 fully saturated rings. The first kappa shape index (κ1) is 21.4. The van der Waals surface area contributed by atoms with Gasteiger partial charge in [0.2, 0.25) is 11.8 Å². The second kappa shape index (κ2) is 9.91. The lowest BCUT2D eigenvalue weighted by atomic mass is 10.3. The SMILES string of the molecule is Cc1ccc(CN(C)C(=O)CN2CCN(CC(=O)Nc3ccccc3Cl)CC2)o1. The van der Waals surface area contributed by atoms with Crippen LogP contribution in [-0.4, -0.2) is 72.8 Å². The van der Waals surface area contributed by atoms with Crippen molar-refractivity contribution in [1.82, 2.24) is 14.7 Å². The van der Waals surface area contributed by atoms with Crippen molar-refractivity contribution in [2.24, 2.45) is 0 Å². The zero-order valence-electron chi connectivity index (χ0n) is 16.9. The number of rotatable bonds is 7. The Hall–Kier alpha value is -2.35. The number of anilines is 1. The van der Waals surface area contributed by atoms with E-state index in [4.69, 9.17) is 16.0 Å². The van der Waals surface area contributed by atoms with Gasteiger partial charge in [-0.25, -0.2) is 0 Å². The molecular weight excluding hydrogens is 392 g/mol. The molecule has 3 rings (SSSR count). The number of aryl methyl sites for hydroxylation is 1. The number of piperazine rings is 1. The summed E-state index contributed by atoms with van der Waals surface area (Å²) in [6.45, 7) is 6.02. The van der Waals surface area contributed by atoms with Crippen LogP contribution in [0, 0.1) is 6.92 Å². The Balaban J connectivity index is 1.39. The molecule has 1 aliphatic heterocycles. The highest BCUT2D eigenvalue weighted by molar-refractivity contribution is 6.33. The first-order valence-corrected chi connectivity index (χ1v) is 10.1. The van der Waals surface area contributed by atoms with E-state index >= 15 is 0 Å². The molecule has 156 valence electrons. The van der Waals surface area contributed by atoms with Gasteiger partial charge >= 0.3 is 0 Å². The van der Waals surface area contributed by atoms with E-state index < -0.39 is 0 Å². The minimum absolute atomic E-state index is 0.0592. The highest BCUT2D eigenvalue weighted by Gasteiger charge is 2.22. The van der Waals surface area contributed by atoms with E-state index in [-0.39, 0.29) is 11.8 Å². The lowest BCUT2D eigenvalue weighted by Crippen LogP contribution is -2.51. The van der Waals surface area contributed by atoms with Crippen LogP contribution < -0.4 is 5.32 Å². The van der Waals surface area contributed by atoms with Crippen molar-refractivity contribution in [2.75, 3.05) is 51.6 Å². The second-order valence-electron chi connectivity index (χ2n) is 7.34. The number of furan rings is 1. The van der Waals surface area contributed by atoms with Gasteiger partial charge in [-0.2, -0.15) is 0 Å². The second-order valence-corrected chi connectivity index (χ2v) is 7.75. The molecule has 2 aromatic rings. The molecule has 0 unspecified atom stereocenters. The Labute approximate surface area is 176 Å². The summed E-state index contributed by atoms with van der Waals surface area (Å²) < 4.78 is 5.53. The Morgan fingerprint density at radius 1 is 1.07 bits per heavy atom. The largest absolute Gasteiger partial charge is 0.464 e. The normalized spacial score (nSPS) is 15.3. The van der Waals surface area contributed by atoms with Crippen LogP contribution in [0.3, 0.4) is 0 Å². The van der Waals surface area contributed by atoms with Gasteiger partial charge in [-0.05, 0) is 31.2 Å². The monoisotopic (exact) mass is 418 g/mol. The number of nitrogens with zero attached hydrogens (tertiary/aromatic N) is 3. The molecule has 0 atom stereocenters. The smallest absolute Gasteiger partial charge is 0.238 e. The summed E-state index contributed by atoms with van der Waals surface area (Å²) in [5.74, 6) is 1.60. The van der Waals surface area contributed by atoms with Crippen LogP contribution in [0.5, 0.6) is 0 Å². The molecule has 0 spiro atoms. The molecular formula is C21H27ClN4O3. The van der Waals surface area contributed by atoms with Gasteiger partial charge in [0.1, 0.15) is 11.5 Å². The standard InChI is InChI=1S/C21H27ClN4O3/c1-16-7-8-17(29-16)13-24(2)21(28)15-26-11-9-25(10-12-26)14-20(27)23-19-6-4-3-5-18(19)22/h3-8H,9-15H2,1-2H3,(H,23,27). The van der Waals surface area contributed by atoms with Crippen molar-refractivity contribution in [3.05, 3.63) is 52.9 Å². The van der Waals surface area contributed by atoms with Crippen molar-refractivity contribution in [3.8, 4) is 0 Å². The molecule has 1 aromatic carbocycles. The maximum Gasteiger partial charge on any atom is 0.238 e. The predicted molar refractivity (Wildman–Crippen MR) is 113 cm³/mol. The molecule has 29 heavy (non-hydrogen) atoms. The van der Waals surface area contributed by atoms with E-state index in [0.29, 0.717) is 30.3 Å². The van der Waals surface area contributed by atoms with Gasteiger partial charge in [0.15, 0.2) is 0 Å². The Kier molecular flexibility index (Phi) is 7.30. The lowest BCUT2D eigenvalue weighted by molar-refractivity contribution is -0.132. The summed E-state index contributed by atoms with van der Waals surface area (Å²) in [4.78, 5) is 30.6. The van der Waals surface area contributed by atoms with E-state index in [1.165, 1.54) is 0 Å². The summed E-state index contributed by atoms with van der Waals surface area (Å²) in [7, 11) is 1.79.